The molecule has 0 atom stereocenters. The van der Waals surface area contributed by atoms with Crippen LogP contribution in [0.25, 0.3) is 0 Å². The average Bonchev–Trinajstić information content (AvgIpc) is 2.84. The first-order valence-electron chi connectivity index (χ1n) is 5.18. The molecular weight excluding hydrogens is 204 g/mol. The fourth-order valence-corrected chi connectivity index (χ4v) is 1.57. The van der Waals surface area contributed by atoms with E-state index in [1.54, 1.807) is 0 Å². The molecule has 0 spiro atoms. The minimum Gasteiger partial charge on any atom is -0.368 e. The van der Waals surface area contributed by atoms with Crippen LogP contribution in [0.1, 0.15) is 11.1 Å². The van der Waals surface area contributed by atoms with Crippen molar-refractivity contribution in [3.63, 3.8) is 0 Å². The Hall–Kier alpha value is -1.98. The molecule has 0 aliphatic heterocycles. The van der Waals surface area contributed by atoms with Crippen LogP contribution in [0.2, 0.25) is 0 Å². The number of hydrogen-bond acceptors (Lipinski definition) is 4. The highest BCUT2D eigenvalue weighted by atomic mass is 15.4. The molecule has 2 aromatic heterocycles. The lowest BCUT2D eigenvalue weighted by Gasteiger charge is -2.13. The normalized spacial score (nSPS) is 10.6. The number of hydrogen-bond donors (Lipinski definition) is 3. The lowest BCUT2D eigenvalue weighted by atomic mass is 10.1. The second-order valence-corrected chi connectivity index (χ2v) is 3.86. The Bertz CT molecular complexity index is 457. The van der Waals surface area contributed by atoms with Gasteiger partial charge < -0.3 is 15.6 Å². The summed E-state index contributed by atoms with van der Waals surface area (Å²) in [6.45, 7) is 2.95. The lowest BCUT2D eigenvalue weighted by Crippen LogP contribution is -2.21. The molecule has 0 radical (unpaired) electrons. The highest BCUT2D eigenvalue weighted by Gasteiger charge is 2.07. The van der Waals surface area contributed by atoms with Crippen molar-refractivity contribution in [2.24, 2.45) is 0 Å². The first-order chi connectivity index (χ1) is 7.66. The molecule has 86 valence electrons. The molecule has 0 fully saturated rings. The van der Waals surface area contributed by atoms with Crippen LogP contribution in [0, 0.1) is 6.92 Å². The Morgan fingerprint density at radius 2 is 2.25 bits per heavy atom. The van der Waals surface area contributed by atoms with Crippen molar-refractivity contribution in [2.75, 3.05) is 24.2 Å². The number of anilines is 2. The van der Waals surface area contributed by atoms with E-state index in [-0.39, 0.29) is 0 Å². The summed E-state index contributed by atoms with van der Waals surface area (Å²) in [5.74, 6) is 0.977. The molecule has 2 rings (SSSR count). The quantitative estimate of drug-likeness (QED) is 0.708. The second-order valence-electron chi connectivity index (χ2n) is 3.86. The Labute approximate surface area is 93.9 Å². The first kappa shape index (κ1) is 10.5. The molecule has 0 unspecified atom stereocenters. The summed E-state index contributed by atoms with van der Waals surface area (Å²) >= 11 is 0. The number of nitrogens with one attached hydrogen (secondary N) is 2. The molecule has 4 N–H and O–H groups in total. The predicted octanol–water partition coefficient (Wildman–Crippen LogP) is 0.702. The average molecular weight is 220 g/mol. The minimum atomic E-state index is 0.347. The van der Waals surface area contributed by atoms with E-state index in [0.29, 0.717) is 11.9 Å². The molecule has 0 saturated heterocycles. The molecule has 2 aromatic rings. The first-order valence-corrected chi connectivity index (χ1v) is 5.18. The van der Waals surface area contributed by atoms with Gasteiger partial charge in [-0.05, 0) is 24.5 Å². The van der Waals surface area contributed by atoms with E-state index < -0.39 is 0 Å². The fourth-order valence-electron chi connectivity index (χ4n) is 1.57. The van der Waals surface area contributed by atoms with Gasteiger partial charge >= 0.3 is 0 Å². The van der Waals surface area contributed by atoms with Gasteiger partial charge in [0.05, 0.1) is 0 Å². The van der Waals surface area contributed by atoms with E-state index in [1.807, 2.05) is 24.3 Å². The van der Waals surface area contributed by atoms with Crippen LogP contribution in [-0.4, -0.2) is 33.8 Å². The zero-order valence-corrected chi connectivity index (χ0v) is 9.49. The zero-order valence-electron chi connectivity index (χ0n) is 9.49. The van der Waals surface area contributed by atoms with Crippen molar-refractivity contribution < 1.29 is 0 Å². The monoisotopic (exact) mass is 220 g/mol. The SMILES string of the molecule is Cc1c[nH]cc1CCN(C)c1n[nH]c(N)n1. The van der Waals surface area contributed by atoms with Crippen LogP contribution in [0.5, 0.6) is 0 Å². The summed E-state index contributed by atoms with van der Waals surface area (Å²) in [7, 11) is 1.95. The molecule has 6 heteroatoms. The highest BCUT2D eigenvalue weighted by molar-refractivity contribution is 5.33. The number of rotatable bonds is 4. The van der Waals surface area contributed by atoms with Gasteiger partial charge in [0.1, 0.15) is 0 Å². The minimum absolute atomic E-state index is 0.347. The number of aryl methyl sites for hydroxylation is 1. The summed E-state index contributed by atoms with van der Waals surface area (Å²) in [6, 6.07) is 0. The van der Waals surface area contributed by atoms with Crippen LogP contribution >= 0.6 is 0 Å². The maximum atomic E-state index is 5.47. The summed E-state index contributed by atoms with van der Waals surface area (Å²) in [6.07, 6.45) is 4.98. The summed E-state index contributed by atoms with van der Waals surface area (Å²) in [4.78, 5) is 9.12. The fraction of sp³-hybridized carbons (Fsp3) is 0.400. The molecular formula is C10H16N6. The number of aromatic nitrogens is 4. The van der Waals surface area contributed by atoms with Crippen molar-refractivity contribution in [1.29, 1.82) is 0 Å². The van der Waals surface area contributed by atoms with Gasteiger partial charge in [-0.1, -0.05) is 0 Å². The van der Waals surface area contributed by atoms with E-state index in [9.17, 15) is 0 Å². The predicted molar refractivity (Wildman–Crippen MR) is 63.3 cm³/mol. The van der Waals surface area contributed by atoms with Gasteiger partial charge in [0.15, 0.2) is 0 Å². The van der Waals surface area contributed by atoms with Crippen molar-refractivity contribution in [1.82, 2.24) is 20.2 Å². The van der Waals surface area contributed by atoms with Gasteiger partial charge in [-0.15, -0.1) is 5.10 Å². The molecule has 0 bridgehead atoms. The van der Waals surface area contributed by atoms with Crippen molar-refractivity contribution in [3.8, 4) is 0 Å². The Kier molecular flexibility index (Phi) is 2.80. The number of nitrogens with zero attached hydrogens (tertiary/aromatic N) is 3. The number of likely N-dealkylation sites (N-methyl/N-ethyl adjacent to an activating group) is 1. The van der Waals surface area contributed by atoms with Crippen molar-refractivity contribution in [2.45, 2.75) is 13.3 Å². The van der Waals surface area contributed by atoms with Gasteiger partial charge in [0.25, 0.3) is 0 Å². The molecule has 0 aliphatic rings. The molecule has 2 heterocycles. The zero-order chi connectivity index (χ0) is 11.5. The molecule has 0 aliphatic carbocycles. The van der Waals surface area contributed by atoms with E-state index in [1.165, 1.54) is 11.1 Å². The van der Waals surface area contributed by atoms with Crippen LogP contribution in [0.4, 0.5) is 11.9 Å². The smallest absolute Gasteiger partial charge is 0.246 e. The molecule has 0 amide bonds. The molecule has 0 saturated carbocycles. The van der Waals surface area contributed by atoms with E-state index in [0.717, 1.165) is 13.0 Å². The largest absolute Gasteiger partial charge is 0.368 e. The Balaban J connectivity index is 1.93. The number of H-pyrrole nitrogens is 2. The Morgan fingerprint density at radius 1 is 1.44 bits per heavy atom. The summed E-state index contributed by atoms with van der Waals surface area (Å²) in [5, 5.41) is 6.62. The van der Waals surface area contributed by atoms with Gasteiger partial charge in [0, 0.05) is 26.0 Å². The number of nitrogen functional groups attached to an aromatic ring is 1. The molecule has 0 aromatic carbocycles. The van der Waals surface area contributed by atoms with Gasteiger partial charge in [0.2, 0.25) is 11.9 Å². The highest BCUT2D eigenvalue weighted by Crippen LogP contribution is 2.10. The van der Waals surface area contributed by atoms with E-state index in [4.69, 9.17) is 5.73 Å². The standard InChI is InChI=1S/C10H16N6/c1-7-5-12-6-8(7)3-4-16(2)10-13-9(11)14-15-10/h5-6,12H,3-4H2,1-2H3,(H3,11,13,14,15). The van der Waals surface area contributed by atoms with E-state index in [2.05, 4.69) is 27.1 Å². The van der Waals surface area contributed by atoms with Gasteiger partial charge in [-0.2, -0.15) is 4.98 Å². The van der Waals surface area contributed by atoms with Crippen LogP contribution < -0.4 is 10.6 Å². The summed E-state index contributed by atoms with van der Waals surface area (Å²) < 4.78 is 0. The summed E-state index contributed by atoms with van der Waals surface area (Å²) in [5.41, 5.74) is 8.07. The van der Waals surface area contributed by atoms with Crippen LogP contribution in [0.3, 0.4) is 0 Å². The number of nitrogens with two attached hydrogens (primary N) is 1. The third-order valence-electron chi connectivity index (χ3n) is 2.61. The van der Waals surface area contributed by atoms with Gasteiger partial charge in [-0.3, -0.25) is 0 Å². The maximum Gasteiger partial charge on any atom is 0.246 e. The van der Waals surface area contributed by atoms with Crippen molar-refractivity contribution in [3.05, 3.63) is 23.5 Å². The van der Waals surface area contributed by atoms with Crippen LogP contribution in [-0.2, 0) is 6.42 Å². The topological polar surface area (TPSA) is 86.6 Å². The molecule has 6 nitrogen and oxygen atoms in total. The number of aromatic amines is 2. The van der Waals surface area contributed by atoms with Crippen LogP contribution in [0.15, 0.2) is 12.4 Å². The Morgan fingerprint density at radius 3 is 2.81 bits per heavy atom. The molecule has 16 heavy (non-hydrogen) atoms. The lowest BCUT2D eigenvalue weighted by molar-refractivity contribution is 0.838. The van der Waals surface area contributed by atoms with Crippen molar-refractivity contribution >= 4 is 11.9 Å². The van der Waals surface area contributed by atoms with Gasteiger partial charge in [-0.25, -0.2) is 5.10 Å². The third kappa shape index (κ3) is 2.16. The second kappa shape index (κ2) is 4.26. The maximum absolute atomic E-state index is 5.47. The van der Waals surface area contributed by atoms with E-state index >= 15 is 0 Å². The third-order valence-corrected chi connectivity index (χ3v) is 2.61.